The first kappa shape index (κ1) is 20.7. The van der Waals surface area contributed by atoms with Gasteiger partial charge >= 0.3 is 10.3 Å². The molecule has 2 aromatic rings. The van der Waals surface area contributed by atoms with Crippen molar-refractivity contribution in [1.29, 1.82) is 0 Å². The molecule has 2 aromatic carbocycles. The molecule has 0 radical (unpaired) electrons. The third-order valence-electron chi connectivity index (χ3n) is 4.40. The maximum atomic E-state index is 13.2. The van der Waals surface area contributed by atoms with Gasteiger partial charge in [-0.05, 0) is 47.6 Å². The predicted molar refractivity (Wildman–Crippen MR) is 113 cm³/mol. The van der Waals surface area contributed by atoms with Gasteiger partial charge in [-0.2, -0.15) is 12.7 Å². The van der Waals surface area contributed by atoms with Gasteiger partial charge in [0.2, 0.25) is 0 Å². The molecule has 0 bridgehead atoms. The first-order valence-corrected chi connectivity index (χ1v) is 10.7. The molecule has 1 amide bonds. The summed E-state index contributed by atoms with van der Waals surface area (Å²) in [6, 6.07) is 13.7. The molecule has 1 heterocycles. The topological polar surface area (TPSA) is 79.0 Å². The van der Waals surface area contributed by atoms with E-state index in [1.54, 1.807) is 19.2 Å². The van der Waals surface area contributed by atoms with Crippen LogP contribution in [0.5, 0.6) is 5.75 Å². The first-order chi connectivity index (χ1) is 13.1. The van der Waals surface area contributed by atoms with Crippen LogP contribution in [0, 0.1) is 0 Å². The molecule has 10 heteroatoms. The summed E-state index contributed by atoms with van der Waals surface area (Å²) in [5.41, 5.74) is -0.128. The summed E-state index contributed by atoms with van der Waals surface area (Å²) in [7, 11) is 0.403. The van der Waals surface area contributed by atoms with Crippen LogP contribution in [0.25, 0.3) is 0 Å². The number of benzene rings is 2. The van der Waals surface area contributed by atoms with Crippen LogP contribution in [0.1, 0.15) is 11.1 Å². The molecule has 7 nitrogen and oxygen atoms in total. The molecule has 0 saturated carbocycles. The van der Waals surface area contributed by atoms with Gasteiger partial charge in [-0.25, -0.2) is 0 Å². The number of hydrogen-bond acceptors (Lipinski definition) is 5. The van der Waals surface area contributed by atoms with Gasteiger partial charge in [0.25, 0.3) is 5.91 Å². The molecule has 0 aliphatic carbocycles. The summed E-state index contributed by atoms with van der Waals surface area (Å²) in [6.45, 7) is 0. The second-order valence-corrected chi connectivity index (χ2v) is 9.46. The highest BCUT2D eigenvalue weighted by Crippen LogP contribution is 2.38. The molecule has 3 rings (SSSR count). The fourth-order valence-corrected chi connectivity index (χ4v) is 4.03. The zero-order chi connectivity index (χ0) is 20.7. The van der Waals surface area contributed by atoms with E-state index < -0.39 is 15.8 Å². The molecule has 1 unspecified atom stereocenters. The van der Waals surface area contributed by atoms with Crippen LogP contribution in [0.4, 0.5) is 0 Å². The summed E-state index contributed by atoms with van der Waals surface area (Å²) in [4.78, 5) is 14.6. The van der Waals surface area contributed by atoms with E-state index in [0.717, 1.165) is 8.78 Å². The highest BCUT2D eigenvalue weighted by atomic mass is 79.9. The van der Waals surface area contributed by atoms with Crippen LogP contribution in [0.15, 0.2) is 53.0 Å². The molecule has 148 valence electrons. The molecule has 1 saturated heterocycles. The van der Waals surface area contributed by atoms with Gasteiger partial charge < -0.3 is 9.50 Å². The maximum Gasteiger partial charge on any atom is 0.384 e. The molecule has 28 heavy (non-hydrogen) atoms. The lowest BCUT2D eigenvalue weighted by Gasteiger charge is -2.28. The highest BCUT2D eigenvalue weighted by molar-refractivity contribution is 9.10. The van der Waals surface area contributed by atoms with Crippen molar-refractivity contribution in [2.75, 3.05) is 21.1 Å². The van der Waals surface area contributed by atoms with E-state index in [1.165, 1.54) is 31.1 Å². The van der Waals surface area contributed by atoms with Gasteiger partial charge in [0.1, 0.15) is 5.75 Å². The summed E-state index contributed by atoms with van der Waals surface area (Å²) in [5, 5.41) is 3.39. The Labute approximate surface area is 177 Å². The average Bonchev–Trinajstić information content (AvgIpc) is 2.86. The van der Waals surface area contributed by atoms with Gasteiger partial charge in [-0.3, -0.25) is 9.69 Å². The number of nitrogens with zero attached hydrogens (tertiary/aromatic N) is 2. The van der Waals surface area contributed by atoms with Crippen LogP contribution < -0.4 is 9.50 Å². The van der Waals surface area contributed by atoms with E-state index in [-0.39, 0.29) is 16.8 Å². The third-order valence-corrected chi connectivity index (χ3v) is 6.56. The molecule has 1 fully saturated rings. The highest BCUT2D eigenvalue weighted by Gasteiger charge is 2.51. The molecular formula is C18H18BrN3O4S2. The van der Waals surface area contributed by atoms with Gasteiger partial charge in [-0.15, -0.1) is 0 Å². The van der Waals surface area contributed by atoms with Crippen molar-refractivity contribution in [3.63, 3.8) is 0 Å². The van der Waals surface area contributed by atoms with Crippen molar-refractivity contribution in [1.82, 2.24) is 14.5 Å². The number of amides is 1. The predicted octanol–water partition coefficient (Wildman–Crippen LogP) is 2.22. The number of halogens is 1. The van der Waals surface area contributed by atoms with Crippen LogP contribution in [0.3, 0.4) is 0 Å². The van der Waals surface area contributed by atoms with Crippen LogP contribution in [-0.4, -0.2) is 49.8 Å². The van der Waals surface area contributed by atoms with Crippen molar-refractivity contribution in [2.45, 2.75) is 5.54 Å². The van der Waals surface area contributed by atoms with Gasteiger partial charge in [0.15, 0.2) is 10.7 Å². The number of likely N-dealkylation sites (N-methyl/N-ethyl adjacent to an activating group) is 1. The summed E-state index contributed by atoms with van der Waals surface area (Å²) in [5.74, 6) is -0.182. The number of carbonyl (C=O) groups is 1. The van der Waals surface area contributed by atoms with Crippen molar-refractivity contribution in [3.05, 3.63) is 64.1 Å². The first-order valence-electron chi connectivity index (χ1n) is 8.17. The van der Waals surface area contributed by atoms with E-state index in [9.17, 15) is 13.2 Å². The lowest BCUT2D eigenvalue weighted by atomic mass is 9.82. The van der Waals surface area contributed by atoms with E-state index >= 15 is 0 Å². The summed E-state index contributed by atoms with van der Waals surface area (Å²) >= 11 is 8.73. The molecule has 0 spiro atoms. The third kappa shape index (κ3) is 3.52. The largest absolute Gasteiger partial charge is 0.384 e. The number of nitrogens with one attached hydrogen (secondary N) is 1. The Morgan fingerprint density at radius 2 is 1.75 bits per heavy atom. The second kappa shape index (κ2) is 7.43. The van der Waals surface area contributed by atoms with E-state index in [4.69, 9.17) is 16.4 Å². The fourth-order valence-electron chi connectivity index (χ4n) is 2.90. The van der Waals surface area contributed by atoms with E-state index in [0.29, 0.717) is 11.1 Å². The van der Waals surface area contributed by atoms with Gasteiger partial charge in [0, 0.05) is 25.6 Å². The Bertz CT molecular complexity index is 1060. The quantitative estimate of drug-likeness (QED) is 0.656. The minimum atomic E-state index is -3.93. The molecular weight excluding hydrogens is 466 g/mol. The Balaban J connectivity index is 2.17. The minimum Gasteiger partial charge on any atom is -0.371 e. The minimum absolute atomic E-state index is 0.0932. The van der Waals surface area contributed by atoms with Crippen molar-refractivity contribution < 1.29 is 17.4 Å². The Morgan fingerprint density at radius 3 is 2.29 bits per heavy atom. The van der Waals surface area contributed by atoms with E-state index in [2.05, 4.69) is 21.2 Å². The van der Waals surface area contributed by atoms with Crippen LogP contribution >= 0.6 is 28.1 Å². The lowest BCUT2D eigenvalue weighted by Crippen LogP contribution is -2.45. The molecule has 1 atom stereocenters. The summed E-state index contributed by atoms with van der Waals surface area (Å²) < 4.78 is 31.1. The number of thiocarbonyl (C=S) groups is 1. The standard InChI is InChI=1S/C18H18BrN3O4S2/c1-21(2)28(24,25)26-15-9-5-7-13(11-15)18(12-6-4-8-14(19)10-12)16(23)22(3)17(27)20-18/h4-11H,1-3H3,(H,20,27). The molecule has 0 aromatic heterocycles. The monoisotopic (exact) mass is 483 g/mol. The van der Waals surface area contributed by atoms with Gasteiger partial charge in [-0.1, -0.05) is 40.2 Å². The normalized spacial score (nSPS) is 19.8. The SMILES string of the molecule is CN1C(=O)C(c2cccc(Br)c2)(c2cccc(OS(=O)(=O)N(C)C)c2)NC1=S. The lowest BCUT2D eigenvalue weighted by molar-refractivity contribution is -0.129. The number of rotatable bonds is 5. The zero-order valence-corrected chi connectivity index (χ0v) is 18.6. The Hall–Kier alpha value is -2.01. The van der Waals surface area contributed by atoms with Crippen molar-refractivity contribution >= 4 is 49.5 Å². The Kier molecular flexibility index (Phi) is 5.50. The average molecular weight is 484 g/mol. The number of carbonyl (C=O) groups excluding carboxylic acids is 1. The Morgan fingerprint density at radius 1 is 1.14 bits per heavy atom. The molecule has 1 aliphatic rings. The van der Waals surface area contributed by atoms with Crippen LogP contribution in [-0.2, 0) is 20.6 Å². The van der Waals surface area contributed by atoms with Crippen molar-refractivity contribution in [2.24, 2.45) is 0 Å². The molecule has 1 aliphatic heterocycles. The van der Waals surface area contributed by atoms with E-state index in [1.807, 2.05) is 24.3 Å². The van der Waals surface area contributed by atoms with Gasteiger partial charge in [0.05, 0.1) is 0 Å². The zero-order valence-electron chi connectivity index (χ0n) is 15.3. The maximum absolute atomic E-state index is 13.2. The molecule has 1 N–H and O–H groups in total. The number of hydrogen-bond donors (Lipinski definition) is 1. The fraction of sp³-hybridized carbons (Fsp3) is 0.222. The second-order valence-electron chi connectivity index (χ2n) is 6.41. The van der Waals surface area contributed by atoms with Crippen molar-refractivity contribution in [3.8, 4) is 5.75 Å². The van der Waals surface area contributed by atoms with Crippen LogP contribution in [0.2, 0.25) is 0 Å². The summed E-state index contributed by atoms with van der Waals surface area (Å²) in [6.07, 6.45) is 0. The smallest absolute Gasteiger partial charge is 0.371 e.